The van der Waals surface area contributed by atoms with Crippen LogP contribution in [0.2, 0.25) is 0 Å². The first-order chi connectivity index (χ1) is 10.9. The molecule has 5 nitrogen and oxygen atoms in total. The lowest BCUT2D eigenvalue weighted by Crippen LogP contribution is -2.38. The number of benzene rings is 1. The zero-order valence-electron chi connectivity index (χ0n) is 12.9. The molecule has 5 heteroatoms. The second-order valence-electron chi connectivity index (χ2n) is 5.75. The highest BCUT2D eigenvalue weighted by atomic mass is 16.5. The van der Waals surface area contributed by atoms with Crippen molar-refractivity contribution >= 4 is 0 Å². The van der Waals surface area contributed by atoms with Gasteiger partial charge in [-0.05, 0) is 24.4 Å². The lowest BCUT2D eigenvalue weighted by molar-refractivity contribution is 0.181. The van der Waals surface area contributed by atoms with Crippen LogP contribution in [0, 0.1) is 5.92 Å². The van der Waals surface area contributed by atoms with E-state index < -0.39 is 0 Å². The Hall–Kier alpha value is -1.85. The van der Waals surface area contributed by atoms with Crippen molar-refractivity contribution in [3.63, 3.8) is 0 Å². The average molecular weight is 301 g/mol. The lowest BCUT2D eigenvalue weighted by Gasteiger charge is -2.32. The molecule has 0 spiro atoms. The standard InChI is InChI=1S/C17H23N3O2/c1-21-12-15-9-17(20-19-15)22-11-14-10-18-8-7-16(14)13-5-3-2-4-6-13/h2-6,9,14,16,18H,7-8,10-12H2,1H3,(H,19,20)/t14-,16-/m0/s1. The van der Waals surface area contributed by atoms with Gasteiger partial charge in [-0.1, -0.05) is 30.3 Å². The second-order valence-corrected chi connectivity index (χ2v) is 5.75. The van der Waals surface area contributed by atoms with Crippen LogP contribution in [0.15, 0.2) is 36.4 Å². The number of ether oxygens (including phenoxy) is 2. The maximum atomic E-state index is 5.89. The third-order valence-electron chi connectivity index (χ3n) is 4.19. The van der Waals surface area contributed by atoms with Gasteiger partial charge in [0, 0.05) is 25.6 Å². The summed E-state index contributed by atoms with van der Waals surface area (Å²) in [5.41, 5.74) is 2.33. The molecular formula is C17H23N3O2. The number of piperidine rings is 1. The molecular weight excluding hydrogens is 278 g/mol. The first kappa shape index (κ1) is 15.1. The number of hydrogen-bond acceptors (Lipinski definition) is 4. The lowest BCUT2D eigenvalue weighted by atomic mass is 9.81. The van der Waals surface area contributed by atoms with Crippen molar-refractivity contribution in [3.8, 4) is 5.88 Å². The van der Waals surface area contributed by atoms with Crippen molar-refractivity contribution in [1.82, 2.24) is 15.5 Å². The number of H-pyrrole nitrogens is 1. The summed E-state index contributed by atoms with van der Waals surface area (Å²) in [5, 5.41) is 10.6. The quantitative estimate of drug-likeness (QED) is 0.860. The van der Waals surface area contributed by atoms with Gasteiger partial charge in [0.2, 0.25) is 5.88 Å². The van der Waals surface area contributed by atoms with Crippen LogP contribution in [-0.4, -0.2) is 37.0 Å². The van der Waals surface area contributed by atoms with Crippen LogP contribution in [0.1, 0.15) is 23.6 Å². The van der Waals surface area contributed by atoms with E-state index in [9.17, 15) is 0 Å². The maximum Gasteiger partial charge on any atom is 0.232 e. The Kier molecular flexibility index (Phi) is 5.08. The van der Waals surface area contributed by atoms with Gasteiger partial charge in [-0.2, -0.15) is 0 Å². The molecule has 0 saturated carbocycles. The number of hydrogen-bond donors (Lipinski definition) is 2. The zero-order chi connectivity index (χ0) is 15.2. The normalized spacial score (nSPS) is 21.7. The van der Waals surface area contributed by atoms with Gasteiger partial charge in [-0.25, -0.2) is 0 Å². The minimum absolute atomic E-state index is 0.457. The summed E-state index contributed by atoms with van der Waals surface area (Å²) in [5.74, 6) is 1.64. The molecule has 0 bridgehead atoms. The van der Waals surface area contributed by atoms with Gasteiger partial charge < -0.3 is 14.8 Å². The monoisotopic (exact) mass is 301 g/mol. The van der Waals surface area contributed by atoms with Gasteiger partial charge in [-0.15, -0.1) is 5.10 Å². The van der Waals surface area contributed by atoms with E-state index in [4.69, 9.17) is 9.47 Å². The second kappa shape index (κ2) is 7.42. The van der Waals surface area contributed by atoms with Crippen LogP contribution < -0.4 is 10.1 Å². The zero-order valence-corrected chi connectivity index (χ0v) is 12.9. The molecule has 1 aromatic heterocycles. The molecule has 118 valence electrons. The molecule has 0 amide bonds. The number of aromatic nitrogens is 2. The summed E-state index contributed by atoms with van der Waals surface area (Å²) >= 11 is 0. The number of nitrogens with zero attached hydrogens (tertiary/aromatic N) is 1. The topological polar surface area (TPSA) is 59.2 Å². The van der Waals surface area contributed by atoms with Crippen LogP contribution >= 0.6 is 0 Å². The summed E-state index contributed by atoms with van der Waals surface area (Å²) in [6.45, 7) is 3.24. The van der Waals surface area contributed by atoms with Gasteiger partial charge in [0.25, 0.3) is 0 Å². The fourth-order valence-corrected chi connectivity index (χ4v) is 3.07. The summed E-state index contributed by atoms with van der Waals surface area (Å²) in [7, 11) is 1.67. The highest BCUT2D eigenvalue weighted by Gasteiger charge is 2.27. The van der Waals surface area contributed by atoms with Crippen molar-refractivity contribution < 1.29 is 9.47 Å². The van der Waals surface area contributed by atoms with E-state index in [1.807, 2.05) is 6.07 Å². The minimum atomic E-state index is 0.457. The van der Waals surface area contributed by atoms with Crippen LogP contribution in [0.4, 0.5) is 0 Å². The van der Waals surface area contributed by atoms with E-state index in [0.717, 1.165) is 25.2 Å². The molecule has 0 unspecified atom stereocenters. The molecule has 2 aromatic rings. The Morgan fingerprint density at radius 2 is 2.14 bits per heavy atom. The summed E-state index contributed by atoms with van der Waals surface area (Å²) in [6.07, 6.45) is 1.15. The SMILES string of the molecule is COCc1cc(OC[C@@H]2CNCC[C@H]2c2ccccc2)n[nH]1. The maximum absolute atomic E-state index is 5.89. The molecule has 1 aliphatic heterocycles. The largest absolute Gasteiger partial charge is 0.476 e. The van der Waals surface area contributed by atoms with E-state index in [-0.39, 0.29) is 0 Å². The third-order valence-corrected chi connectivity index (χ3v) is 4.19. The van der Waals surface area contributed by atoms with Crippen molar-refractivity contribution in [2.24, 2.45) is 5.92 Å². The smallest absolute Gasteiger partial charge is 0.232 e. The Labute approximate surface area is 131 Å². The van der Waals surface area contributed by atoms with E-state index in [2.05, 4.69) is 45.8 Å². The fourth-order valence-electron chi connectivity index (χ4n) is 3.07. The molecule has 22 heavy (non-hydrogen) atoms. The molecule has 1 fully saturated rings. The number of methoxy groups -OCH3 is 1. The van der Waals surface area contributed by atoms with Crippen molar-refractivity contribution in [2.75, 3.05) is 26.8 Å². The molecule has 3 rings (SSSR count). The molecule has 2 heterocycles. The Morgan fingerprint density at radius 1 is 1.27 bits per heavy atom. The first-order valence-corrected chi connectivity index (χ1v) is 7.78. The van der Waals surface area contributed by atoms with Gasteiger partial charge in [-0.3, -0.25) is 5.10 Å². The van der Waals surface area contributed by atoms with Gasteiger partial charge in [0.15, 0.2) is 0 Å². The predicted molar refractivity (Wildman–Crippen MR) is 85.0 cm³/mol. The highest BCUT2D eigenvalue weighted by molar-refractivity contribution is 5.21. The van der Waals surface area contributed by atoms with Crippen LogP contribution in [0.25, 0.3) is 0 Å². The fraction of sp³-hybridized carbons (Fsp3) is 0.471. The minimum Gasteiger partial charge on any atom is -0.476 e. The van der Waals surface area contributed by atoms with E-state index in [0.29, 0.717) is 30.9 Å². The predicted octanol–water partition coefficient (Wildman–Crippen LogP) is 2.33. The van der Waals surface area contributed by atoms with Gasteiger partial charge >= 0.3 is 0 Å². The Balaban J connectivity index is 1.61. The van der Waals surface area contributed by atoms with Crippen LogP contribution in [-0.2, 0) is 11.3 Å². The highest BCUT2D eigenvalue weighted by Crippen LogP contribution is 2.30. The van der Waals surface area contributed by atoms with Crippen LogP contribution in [0.3, 0.4) is 0 Å². The number of aromatic amines is 1. The summed E-state index contributed by atoms with van der Waals surface area (Å²) in [4.78, 5) is 0. The molecule has 2 atom stereocenters. The van der Waals surface area contributed by atoms with E-state index >= 15 is 0 Å². The summed E-state index contributed by atoms with van der Waals surface area (Å²) < 4.78 is 11.0. The van der Waals surface area contributed by atoms with E-state index in [1.54, 1.807) is 7.11 Å². The first-order valence-electron chi connectivity index (χ1n) is 7.78. The van der Waals surface area contributed by atoms with Gasteiger partial charge in [0.05, 0.1) is 18.9 Å². The Morgan fingerprint density at radius 3 is 2.95 bits per heavy atom. The molecule has 1 saturated heterocycles. The van der Waals surface area contributed by atoms with Gasteiger partial charge in [0.1, 0.15) is 0 Å². The van der Waals surface area contributed by atoms with Crippen molar-refractivity contribution in [1.29, 1.82) is 0 Å². The molecule has 0 radical (unpaired) electrons. The number of nitrogens with one attached hydrogen (secondary N) is 2. The summed E-state index contributed by atoms with van der Waals surface area (Å²) in [6, 6.07) is 12.6. The van der Waals surface area contributed by atoms with Crippen molar-refractivity contribution in [3.05, 3.63) is 47.7 Å². The molecule has 0 aliphatic carbocycles. The Bertz CT molecular complexity index is 570. The third kappa shape index (κ3) is 3.67. The molecule has 1 aliphatic rings. The van der Waals surface area contributed by atoms with Crippen LogP contribution in [0.5, 0.6) is 5.88 Å². The van der Waals surface area contributed by atoms with E-state index in [1.165, 1.54) is 5.56 Å². The van der Waals surface area contributed by atoms with Crippen molar-refractivity contribution in [2.45, 2.75) is 18.9 Å². The average Bonchev–Trinajstić information content (AvgIpc) is 3.02. The molecule has 1 aromatic carbocycles. The number of rotatable bonds is 6. The molecule has 2 N–H and O–H groups in total.